The predicted octanol–water partition coefficient (Wildman–Crippen LogP) is 5.67. The monoisotopic (exact) mass is 349 g/mol. The van der Waals surface area contributed by atoms with Crippen molar-refractivity contribution in [2.24, 2.45) is 17.3 Å². The Kier molecular flexibility index (Phi) is 9.34. The van der Waals surface area contributed by atoms with Gasteiger partial charge in [0.2, 0.25) is 0 Å². The van der Waals surface area contributed by atoms with Crippen molar-refractivity contribution in [3.63, 3.8) is 0 Å². The van der Waals surface area contributed by atoms with Gasteiger partial charge in [-0.3, -0.25) is 0 Å². The van der Waals surface area contributed by atoms with Gasteiger partial charge in [0.25, 0.3) is 0 Å². The molecule has 0 aliphatic carbocycles. The Morgan fingerprint density at radius 1 is 0.920 bits per heavy atom. The molecule has 0 unspecified atom stereocenters. The molecule has 1 rings (SSSR count). The summed E-state index contributed by atoms with van der Waals surface area (Å²) in [5.74, 6) is 3.15. The molecule has 0 fully saturated rings. The summed E-state index contributed by atoms with van der Waals surface area (Å²) in [6.45, 7) is 18.9. The van der Waals surface area contributed by atoms with Crippen LogP contribution in [0.25, 0.3) is 0 Å². The second kappa shape index (κ2) is 10.7. The van der Waals surface area contributed by atoms with Crippen molar-refractivity contribution >= 4 is 0 Å². The van der Waals surface area contributed by atoms with Crippen LogP contribution in [0.5, 0.6) is 11.5 Å². The standard InChI is InChI=1S/C22H39NO2/c1-17(2)10-12-24-20-9-8-19(15-23-16-22(5,6)7)21(14-20)25-13-11-18(3)4/h8-9,14,17-18,23H,10-13,15-16H2,1-7H3. The molecule has 25 heavy (non-hydrogen) atoms. The molecule has 0 saturated carbocycles. The average molecular weight is 350 g/mol. The number of ether oxygens (including phenoxy) is 2. The van der Waals surface area contributed by atoms with Gasteiger partial charge >= 0.3 is 0 Å². The first-order valence-corrected chi connectivity index (χ1v) is 9.76. The van der Waals surface area contributed by atoms with E-state index in [1.165, 1.54) is 5.56 Å². The smallest absolute Gasteiger partial charge is 0.127 e. The Labute approximate surface area is 155 Å². The second-order valence-electron chi connectivity index (χ2n) is 9.00. The van der Waals surface area contributed by atoms with E-state index in [4.69, 9.17) is 9.47 Å². The SMILES string of the molecule is CC(C)CCOc1ccc(CNCC(C)(C)C)c(OCCC(C)C)c1. The van der Waals surface area contributed by atoms with E-state index in [1.54, 1.807) is 0 Å². The first-order chi connectivity index (χ1) is 11.7. The van der Waals surface area contributed by atoms with Gasteiger partial charge in [0, 0.05) is 24.7 Å². The van der Waals surface area contributed by atoms with E-state index in [2.05, 4.69) is 72.0 Å². The molecule has 0 saturated heterocycles. The summed E-state index contributed by atoms with van der Waals surface area (Å²) in [5.41, 5.74) is 1.47. The topological polar surface area (TPSA) is 30.5 Å². The molecular formula is C22H39NO2. The Morgan fingerprint density at radius 3 is 2.08 bits per heavy atom. The molecule has 0 amide bonds. The fourth-order valence-corrected chi connectivity index (χ4v) is 2.29. The first-order valence-electron chi connectivity index (χ1n) is 9.76. The van der Waals surface area contributed by atoms with Gasteiger partial charge in [-0.1, -0.05) is 54.5 Å². The van der Waals surface area contributed by atoms with E-state index in [9.17, 15) is 0 Å². The lowest BCUT2D eigenvalue weighted by Crippen LogP contribution is -2.26. The van der Waals surface area contributed by atoms with Gasteiger partial charge < -0.3 is 14.8 Å². The minimum Gasteiger partial charge on any atom is -0.493 e. The largest absolute Gasteiger partial charge is 0.493 e. The zero-order valence-corrected chi connectivity index (χ0v) is 17.4. The third-order valence-electron chi connectivity index (χ3n) is 3.93. The molecule has 0 heterocycles. The van der Waals surface area contributed by atoms with E-state index >= 15 is 0 Å². The van der Waals surface area contributed by atoms with Crippen LogP contribution in [0.4, 0.5) is 0 Å². The highest BCUT2D eigenvalue weighted by molar-refractivity contribution is 5.40. The van der Waals surface area contributed by atoms with Crippen LogP contribution >= 0.6 is 0 Å². The highest BCUT2D eigenvalue weighted by Gasteiger charge is 2.11. The van der Waals surface area contributed by atoms with Gasteiger partial charge in [-0.05, 0) is 36.2 Å². The fourth-order valence-electron chi connectivity index (χ4n) is 2.29. The second-order valence-corrected chi connectivity index (χ2v) is 9.00. The lowest BCUT2D eigenvalue weighted by Gasteiger charge is -2.20. The van der Waals surface area contributed by atoms with Crippen molar-refractivity contribution < 1.29 is 9.47 Å². The van der Waals surface area contributed by atoms with Crippen LogP contribution in [-0.4, -0.2) is 19.8 Å². The van der Waals surface area contributed by atoms with Crippen LogP contribution in [0.2, 0.25) is 0 Å². The number of hydrogen-bond donors (Lipinski definition) is 1. The van der Waals surface area contributed by atoms with Crippen molar-refractivity contribution in [1.82, 2.24) is 5.32 Å². The third kappa shape index (κ3) is 10.4. The maximum Gasteiger partial charge on any atom is 0.127 e. The maximum absolute atomic E-state index is 6.08. The summed E-state index contributed by atoms with van der Waals surface area (Å²) in [6, 6.07) is 6.24. The van der Waals surface area contributed by atoms with E-state index in [0.717, 1.165) is 50.6 Å². The summed E-state index contributed by atoms with van der Waals surface area (Å²) < 4.78 is 12.0. The summed E-state index contributed by atoms with van der Waals surface area (Å²) >= 11 is 0. The summed E-state index contributed by atoms with van der Waals surface area (Å²) in [7, 11) is 0. The van der Waals surface area contributed by atoms with Crippen molar-refractivity contribution in [1.29, 1.82) is 0 Å². The molecule has 0 aliphatic rings. The zero-order valence-electron chi connectivity index (χ0n) is 17.4. The van der Waals surface area contributed by atoms with E-state index in [1.807, 2.05) is 0 Å². The highest BCUT2D eigenvalue weighted by Crippen LogP contribution is 2.26. The number of rotatable bonds is 11. The maximum atomic E-state index is 6.08. The molecule has 144 valence electrons. The van der Waals surface area contributed by atoms with Crippen molar-refractivity contribution in [3.8, 4) is 11.5 Å². The molecule has 0 aromatic heterocycles. The van der Waals surface area contributed by atoms with Gasteiger partial charge in [0.05, 0.1) is 13.2 Å². The zero-order chi connectivity index (χ0) is 18.9. The van der Waals surface area contributed by atoms with E-state index in [-0.39, 0.29) is 5.41 Å². The molecule has 0 bridgehead atoms. The van der Waals surface area contributed by atoms with Crippen LogP contribution in [0.15, 0.2) is 18.2 Å². The Hall–Kier alpha value is -1.22. The van der Waals surface area contributed by atoms with Gasteiger partial charge in [0.1, 0.15) is 11.5 Å². The van der Waals surface area contributed by atoms with E-state index < -0.39 is 0 Å². The van der Waals surface area contributed by atoms with Gasteiger partial charge in [-0.25, -0.2) is 0 Å². The number of hydrogen-bond acceptors (Lipinski definition) is 3. The molecular weight excluding hydrogens is 310 g/mol. The molecule has 0 spiro atoms. The Morgan fingerprint density at radius 2 is 1.52 bits per heavy atom. The van der Waals surface area contributed by atoms with Crippen LogP contribution in [0.1, 0.15) is 66.9 Å². The lowest BCUT2D eigenvalue weighted by atomic mass is 9.97. The Balaban J connectivity index is 2.71. The molecule has 0 radical (unpaired) electrons. The lowest BCUT2D eigenvalue weighted by molar-refractivity contribution is 0.273. The number of benzene rings is 1. The van der Waals surface area contributed by atoms with Crippen LogP contribution in [0.3, 0.4) is 0 Å². The quantitative estimate of drug-likeness (QED) is 0.558. The summed E-state index contributed by atoms with van der Waals surface area (Å²) in [6.07, 6.45) is 2.13. The van der Waals surface area contributed by atoms with Crippen LogP contribution in [0, 0.1) is 17.3 Å². The fraction of sp³-hybridized carbons (Fsp3) is 0.727. The van der Waals surface area contributed by atoms with Gasteiger partial charge in [-0.2, -0.15) is 0 Å². The molecule has 1 aromatic rings. The van der Waals surface area contributed by atoms with Gasteiger partial charge in [0.15, 0.2) is 0 Å². The molecule has 0 aliphatic heterocycles. The molecule has 1 N–H and O–H groups in total. The minimum absolute atomic E-state index is 0.276. The number of nitrogens with one attached hydrogen (secondary N) is 1. The Bertz CT molecular complexity index is 489. The predicted molar refractivity (Wildman–Crippen MR) is 108 cm³/mol. The first kappa shape index (κ1) is 21.8. The molecule has 0 atom stereocenters. The molecule has 3 nitrogen and oxygen atoms in total. The van der Waals surface area contributed by atoms with Gasteiger partial charge in [-0.15, -0.1) is 0 Å². The van der Waals surface area contributed by atoms with Crippen molar-refractivity contribution in [2.75, 3.05) is 19.8 Å². The third-order valence-corrected chi connectivity index (χ3v) is 3.93. The minimum atomic E-state index is 0.276. The molecule has 3 heteroatoms. The van der Waals surface area contributed by atoms with Crippen molar-refractivity contribution in [2.45, 2.75) is 67.9 Å². The van der Waals surface area contributed by atoms with Crippen LogP contribution in [-0.2, 0) is 6.54 Å². The normalized spacial score (nSPS) is 12.0. The summed E-state index contributed by atoms with van der Waals surface area (Å²) in [4.78, 5) is 0. The highest BCUT2D eigenvalue weighted by atomic mass is 16.5. The molecule has 1 aromatic carbocycles. The summed E-state index contributed by atoms with van der Waals surface area (Å²) in [5, 5.41) is 3.54. The van der Waals surface area contributed by atoms with Crippen molar-refractivity contribution in [3.05, 3.63) is 23.8 Å². The van der Waals surface area contributed by atoms with Crippen LogP contribution < -0.4 is 14.8 Å². The average Bonchev–Trinajstić information content (AvgIpc) is 2.47. The van der Waals surface area contributed by atoms with E-state index in [0.29, 0.717) is 11.8 Å².